The maximum Gasteiger partial charge on any atom is 0.338 e. The number of rotatable bonds is 3. The summed E-state index contributed by atoms with van der Waals surface area (Å²) >= 11 is 0. The van der Waals surface area contributed by atoms with Crippen molar-refractivity contribution in [1.29, 1.82) is 0 Å². The van der Waals surface area contributed by atoms with E-state index < -0.39 is 17.6 Å². The fraction of sp³-hybridized carbons (Fsp3) is 0.0870. The molecule has 158 valence electrons. The Morgan fingerprint density at radius 3 is 2.50 bits per heavy atom. The molecule has 0 aliphatic carbocycles. The molecule has 0 bridgehead atoms. The first-order valence-corrected chi connectivity index (χ1v) is 9.63. The summed E-state index contributed by atoms with van der Waals surface area (Å²) in [6.45, 7) is 3.47. The molecule has 5 rings (SSSR count). The largest absolute Gasteiger partial charge is 0.478 e. The summed E-state index contributed by atoms with van der Waals surface area (Å²) in [5, 5.41) is 9.81. The summed E-state index contributed by atoms with van der Waals surface area (Å²) < 4.78 is 30.7. The molecule has 1 N–H and O–H groups in total. The van der Waals surface area contributed by atoms with Crippen molar-refractivity contribution in [3.8, 4) is 16.9 Å². The second-order valence-corrected chi connectivity index (χ2v) is 7.32. The smallest absolute Gasteiger partial charge is 0.338 e. The lowest BCUT2D eigenvalue weighted by Crippen LogP contribution is -2.02. The number of hydrogen-bond donors (Lipinski definition) is 1. The minimum atomic E-state index is -1.16. The molecule has 0 amide bonds. The number of halogens is 2. The lowest BCUT2D eigenvalue weighted by molar-refractivity contribution is 0.0699. The van der Waals surface area contributed by atoms with Crippen molar-refractivity contribution in [1.82, 2.24) is 24.5 Å². The van der Waals surface area contributed by atoms with E-state index in [4.69, 9.17) is 0 Å². The first-order chi connectivity index (χ1) is 15.3. The number of hydrogen-bond acceptors (Lipinski definition) is 5. The fourth-order valence-electron chi connectivity index (χ4n) is 3.88. The van der Waals surface area contributed by atoms with Crippen LogP contribution in [0.1, 0.15) is 21.9 Å². The second-order valence-electron chi connectivity index (χ2n) is 7.32. The molecular weight excluding hydrogens is 416 g/mol. The highest BCUT2D eigenvalue weighted by Gasteiger charge is 2.21. The van der Waals surface area contributed by atoms with Crippen molar-refractivity contribution in [2.45, 2.75) is 13.8 Å². The van der Waals surface area contributed by atoms with Crippen LogP contribution in [0.4, 0.5) is 8.78 Å². The number of pyridine rings is 1. The normalized spacial score (nSPS) is 11.4. The molecule has 0 spiro atoms. The van der Waals surface area contributed by atoms with Gasteiger partial charge in [-0.25, -0.2) is 28.5 Å². The number of aromatic carboxylic acids is 1. The number of carboxylic acids is 1. The lowest BCUT2D eigenvalue weighted by atomic mass is 10.0. The van der Waals surface area contributed by atoms with Gasteiger partial charge in [0, 0.05) is 17.5 Å². The van der Waals surface area contributed by atoms with E-state index in [1.54, 1.807) is 36.6 Å². The maximum absolute atomic E-state index is 14.8. The van der Waals surface area contributed by atoms with Gasteiger partial charge in [-0.05, 0) is 50.2 Å². The molecule has 0 atom stereocenters. The van der Waals surface area contributed by atoms with Gasteiger partial charge in [0.25, 0.3) is 0 Å². The van der Waals surface area contributed by atoms with Crippen LogP contribution < -0.4 is 0 Å². The second kappa shape index (κ2) is 7.16. The van der Waals surface area contributed by atoms with Crippen LogP contribution in [0.25, 0.3) is 38.9 Å². The summed E-state index contributed by atoms with van der Waals surface area (Å²) in [4.78, 5) is 28.8. The number of benzene rings is 2. The number of aryl methyl sites for hydroxylation is 2. The molecule has 0 aliphatic rings. The Balaban J connectivity index is 1.90. The monoisotopic (exact) mass is 431 g/mol. The van der Waals surface area contributed by atoms with Crippen LogP contribution in [0.2, 0.25) is 0 Å². The molecule has 0 unspecified atom stereocenters. The predicted octanol–water partition coefficient (Wildman–Crippen LogP) is 4.62. The molecule has 2 aromatic carbocycles. The SMILES string of the molecule is Cc1cc(-c2cc(C(=O)O)c3nc(C)n(-c4ccnc5c(F)ccc(F)c45)c3c2)ncn1. The zero-order valence-electron chi connectivity index (χ0n) is 17.0. The van der Waals surface area contributed by atoms with Crippen LogP contribution in [0.3, 0.4) is 0 Å². The van der Waals surface area contributed by atoms with E-state index in [9.17, 15) is 18.7 Å². The summed E-state index contributed by atoms with van der Waals surface area (Å²) in [5.41, 5.74) is 2.59. The van der Waals surface area contributed by atoms with E-state index in [0.717, 1.165) is 12.1 Å². The molecule has 7 nitrogen and oxygen atoms in total. The fourth-order valence-corrected chi connectivity index (χ4v) is 3.88. The Kier molecular flexibility index (Phi) is 4.40. The Morgan fingerprint density at radius 1 is 0.969 bits per heavy atom. The first-order valence-electron chi connectivity index (χ1n) is 9.63. The van der Waals surface area contributed by atoms with Gasteiger partial charge in [-0.2, -0.15) is 0 Å². The zero-order chi connectivity index (χ0) is 22.6. The van der Waals surface area contributed by atoms with Crippen LogP contribution in [0, 0.1) is 25.5 Å². The predicted molar refractivity (Wildman–Crippen MR) is 114 cm³/mol. The third-order valence-corrected chi connectivity index (χ3v) is 5.27. The van der Waals surface area contributed by atoms with E-state index in [1.165, 1.54) is 18.6 Å². The van der Waals surface area contributed by atoms with Gasteiger partial charge in [0.2, 0.25) is 0 Å². The molecule has 5 aromatic rings. The van der Waals surface area contributed by atoms with Crippen molar-refractivity contribution in [2.24, 2.45) is 0 Å². The van der Waals surface area contributed by atoms with Gasteiger partial charge in [0.15, 0.2) is 0 Å². The Hall–Kier alpha value is -4.27. The Labute approximate surface area is 180 Å². The van der Waals surface area contributed by atoms with E-state index >= 15 is 0 Å². The first kappa shape index (κ1) is 19.7. The van der Waals surface area contributed by atoms with Gasteiger partial charge in [-0.3, -0.25) is 9.55 Å². The molecule has 0 fully saturated rings. The van der Waals surface area contributed by atoms with E-state index in [0.29, 0.717) is 34.0 Å². The Morgan fingerprint density at radius 2 is 1.75 bits per heavy atom. The van der Waals surface area contributed by atoms with E-state index in [2.05, 4.69) is 19.9 Å². The van der Waals surface area contributed by atoms with Gasteiger partial charge in [0.1, 0.15) is 34.8 Å². The minimum absolute atomic E-state index is 0.0185. The zero-order valence-corrected chi connectivity index (χ0v) is 17.0. The highest BCUT2D eigenvalue weighted by Crippen LogP contribution is 2.33. The molecule has 0 aliphatic heterocycles. The highest BCUT2D eigenvalue weighted by molar-refractivity contribution is 6.04. The molecule has 32 heavy (non-hydrogen) atoms. The van der Waals surface area contributed by atoms with Crippen LogP contribution in [-0.4, -0.2) is 35.6 Å². The van der Waals surface area contributed by atoms with Gasteiger partial charge < -0.3 is 5.11 Å². The highest BCUT2D eigenvalue weighted by atomic mass is 19.1. The van der Waals surface area contributed by atoms with E-state index in [1.807, 2.05) is 0 Å². The topological polar surface area (TPSA) is 93.8 Å². The quantitative estimate of drug-likeness (QED) is 0.448. The molecule has 0 radical (unpaired) electrons. The van der Waals surface area contributed by atoms with Crippen LogP contribution in [0.15, 0.2) is 48.9 Å². The minimum Gasteiger partial charge on any atom is -0.478 e. The molecule has 3 aromatic heterocycles. The Bertz CT molecular complexity index is 1560. The van der Waals surface area contributed by atoms with Crippen LogP contribution in [0.5, 0.6) is 0 Å². The molecule has 3 heterocycles. The van der Waals surface area contributed by atoms with Crippen molar-refractivity contribution >= 4 is 27.9 Å². The maximum atomic E-state index is 14.8. The van der Waals surface area contributed by atoms with Crippen molar-refractivity contribution in [3.05, 3.63) is 77.6 Å². The summed E-state index contributed by atoms with van der Waals surface area (Å²) in [6.07, 6.45) is 2.77. The third-order valence-electron chi connectivity index (χ3n) is 5.27. The van der Waals surface area contributed by atoms with Crippen molar-refractivity contribution in [2.75, 3.05) is 0 Å². The summed E-state index contributed by atoms with van der Waals surface area (Å²) in [6, 6.07) is 8.56. The number of aromatic nitrogens is 5. The molecule has 0 saturated carbocycles. The van der Waals surface area contributed by atoms with Gasteiger partial charge >= 0.3 is 5.97 Å². The number of nitrogens with zero attached hydrogens (tertiary/aromatic N) is 5. The number of carboxylic acid groups (broad SMARTS) is 1. The van der Waals surface area contributed by atoms with Gasteiger partial charge in [-0.15, -0.1) is 0 Å². The average molecular weight is 431 g/mol. The molecular formula is C23H15F2N5O2. The summed E-state index contributed by atoms with van der Waals surface area (Å²) in [7, 11) is 0. The summed E-state index contributed by atoms with van der Waals surface area (Å²) in [5.74, 6) is -2.06. The van der Waals surface area contributed by atoms with Crippen molar-refractivity contribution < 1.29 is 18.7 Å². The van der Waals surface area contributed by atoms with Gasteiger partial charge in [0.05, 0.1) is 27.8 Å². The molecule has 0 saturated heterocycles. The third kappa shape index (κ3) is 2.97. The van der Waals surface area contributed by atoms with E-state index in [-0.39, 0.29) is 22.0 Å². The standard InChI is InChI=1S/C23H15F2N5O2/c1-11-7-17(28-10-27-11)13-8-14(23(31)32)21-19(9-13)30(12(2)29-21)18-5-6-26-22-16(25)4-3-15(24)20(18)22/h3-10H,1-2H3,(H,31,32). The number of fused-ring (bicyclic) bond motifs is 2. The average Bonchev–Trinajstić information content (AvgIpc) is 3.10. The molecule has 9 heteroatoms. The van der Waals surface area contributed by atoms with Crippen LogP contribution >= 0.6 is 0 Å². The van der Waals surface area contributed by atoms with Crippen LogP contribution in [-0.2, 0) is 0 Å². The lowest BCUT2D eigenvalue weighted by Gasteiger charge is -2.12. The number of imidazole rings is 1. The number of carbonyl (C=O) groups is 1. The van der Waals surface area contributed by atoms with Gasteiger partial charge in [-0.1, -0.05) is 0 Å². The van der Waals surface area contributed by atoms with Crippen molar-refractivity contribution in [3.63, 3.8) is 0 Å².